The summed E-state index contributed by atoms with van der Waals surface area (Å²) in [4.78, 5) is 38.8. The van der Waals surface area contributed by atoms with E-state index in [0.29, 0.717) is 19.4 Å². The van der Waals surface area contributed by atoms with Crippen LogP contribution in [-0.4, -0.2) is 42.9 Å². The highest BCUT2D eigenvalue weighted by atomic mass is 16.6. The van der Waals surface area contributed by atoms with Crippen LogP contribution in [-0.2, 0) is 14.3 Å². The summed E-state index contributed by atoms with van der Waals surface area (Å²) >= 11 is 0. The lowest BCUT2D eigenvalue weighted by molar-refractivity contribution is -0.120. The van der Waals surface area contributed by atoms with Gasteiger partial charge in [0.15, 0.2) is 0 Å². The van der Waals surface area contributed by atoms with E-state index in [1.54, 1.807) is 20.8 Å². The van der Waals surface area contributed by atoms with Gasteiger partial charge in [-0.1, -0.05) is 48.5 Å². The first-order valence-electron chi connectivity index (χ1n) is 11.9. The molecular weight excluding hydrogens is 462 g/mol. The van der Waals surface area contributed by atoms with Crippen LogP contribution in [0, 0.1) is 0 Å². The van der Waals surface area contributed by atoms with Gasteiger partial charge in [-0.15, -0.1) is 0 Å². The highest BCUT2D eigenvalue weighted by Gasteiger charge is 2.29. The fraction of sp³-hybridized carbons (Fsp3) is 0.423. The van der Waals surface area contributed by atoms with Crippen LogP contribution in [0.1, 0.15) is 57.1 Å². The smallest absolute Gasteiger partial charge is 0.408 e. The monoisotopic (exact) mass is 493 g/mol. The number of unbranched alkanes of at least 4 members (excludes halogenated alkanes) is 1. The number of rotatable bonds is 9. The van der Waals surface area contributed by atoms with Gasteiger partial charge in [-0.25, -0.2) is 9.59 Å². The minimum Gasteiger partial charge on any atom is -0.449 e. The quantitative estimate of drug-likeness (QED) is 0.207. The Labute approximate surface area is 210 Å². The van der Waals surface area contributed by atoms with Gasteiger partial charge in [-0.2, -0.15) is 0 Å². The van der Waals surface area contributed by atoms with E-state index in [1.165, 1.54) is 0 Å². The minimum absolute atomic E-state index is 0.0189. The molecule has 3 amide bonds. The first kappa shape index (κ1) is 26.6. The van der Waals surface area contributed by atoms with E-state index in [9.17, 15) is 14.4 Å². The van der Waals surface area contributed by atoms with Gasteiger partial charge < -0.3 is 20.1 Å². The van der Waals surface area contributed by atoms with Crippen molar-refractivity contribution in [1.29, 1.82) is 0 Å². The molecule has 2 aromatic carbocycles. The second-order valence-corrected chi connectivity index (χ2v) is 9.47. The van der Waals surface area contributed by atoms with Crippen LogP contribution in [0.15, 0.2) is 53.6 Å². The molecule has 1 aliphatic rings. The van der Waals surface area contributed by atoms with E-state index < -0.39 is 29.7 Å². The van der Waals surface area contributed by atoms with Crippen LogP contribution >= 0.6 is 0 Å². The molecule has 0 heterocycles. The summed E-state index contributed by atoms with van der Waals surface area (Å²) in [6, 6.07) is 15.2. The molecule has 0 aromatic heterocycles. The molecule has 2 aromatic rings. The lowest BCUT2D eigenvalue weighted by atomic mass is 9.98. The molecule has 0 aliphatic heterocycles. The standard InChI is InChI=1S/C26H31N5O5/c1-26(2,3)36-25(34)29-22(23(32)30-31-27)14-8-9-15-28-24(33)35-16-21-19-12-6-4-10-17(19)18-11-5-7-13-20(18)21/h4-7,10-13,21-22H,8-9,14-16H2,1-3H3,(H,28,33)(H,29,34)/t22-/m0/s1. The summed E-state index contributed by atoms with van der Waals surface area (Å²) in [5, 5.41) is 8.23. The van der Waals surface area contributed by atoms with Crippen LogP contribution in [0.3, 0.4) is 0 Å². The second kappa shape index (κ2) is 12.1. The number of carbonyl (C=O) groups excluding carboxylic acids is 3. The highest BCUT2D eigenvalue weighted by Crippen LogP contribution is 2.44. The van der Waals surface area contributed by atoms with Gasteiger partial charge in [0.1, 0.15) is 12.2 Å². The first-order chi connectivity index (χ1) is 17.2. The molecule has 0 radical (unpaired) electrons. The molecule has 1 aliphatic carbocycles. The third-order valence-electron chi connectivity index (χ3n) is 5.66. The highest BCUT2D eigenvalue weighted by molar-refractivity contribution is 5.86. The molecular formula is C26H31N5O5. The lowest BCUT2D eigenvalue weighted by Crippen LogP contribution is -2.43. The van der Waals surface area contributed by atoms with E-state index in [0.717, 1.165) is 22.3 Å². The molecule has 10 nitrogen and oxygen atoms in total. The molecule has 36 heavy (non-hydrogen) atoms. The molecule has 0 spiro atoms. The number of azide groups is 1. The molecule has 0 unspecified atom stereocenters. The number of carbonyl (C=O) groups is 3. The van der Waals surface area contributed by atoms with Crippen molar-refractivity contribution in [2.75, 3.05) is 13.2 Å². The number of hydrogen-bond acceptors (Lipinski definition) is 5. The van der Waals surface area contributed by atoms with E-state index in [1.807, 2.05) is 24.3 Å². The van der Waals surface area contributed by atoms with Crippen molar-refractivity contribution in [2.45, 2.75) is 57.6 Å². The number of fused-ring (bicyclic) bond motifs is 3. The maximum Gasteiger partial charge on any atom is 0.408 e. The van der Waals surface area contributed by atoms with Crippen LogP contribution < -0.4 is 10.6 Å². The summed E-state index contributed by atoms with van der Waals surface area (Å²) in [5.74, 6) is -0.817. The van der Waals surface area contributed by atoms with Crippen LogP contribution in [0.4, 0.5) is 9.59 Å². The minimum atomic E-state index is -1.01. The van der Waals surface area contributed by atoms with Gasteiger partial charge in [0, 0.05) is 17.4 Å². The summed E-state index contributed by atoms with van der Waals surface area (Å²) in [7, 11) is 0. The maximum absolute atomic E-state index is 12.3. The van der Waals surface area contributed by atoms with Crippen molar-refractivity contribution in [2.24, 2.45) is 5.11 Å². The maximum atomic E-state index is 12.3. The average Bonchev–Trinajstić information content (AvgIpc) is 3.14. The largest absolute Gasteiger partial charge is 0.449 e. The summed E-state index contributed by atoms with van der Waals surface area (Å²) in [6.07, 6.45) is -0.0586. The van der Waals surface area contributed by atoms with E-state index in [2.05, 4.69) is 44.9 Å². The number of ether oxygens (including phenoxy) is 2. The van der Waals surface area contributed by atoms with E-state index in [4.69, 9.17) is 15.0 Å². The van der Waals surface area contributed by atoms with Gasteiger partial charge in [-0.3, -0.25) is 4.79 Å². The molecule has 0 saturated carbocycles. The Hall–Kier alpha value is -4.04. The summed E-state index contributed by atoms with van der Waals surface area (Å²) in [5.41, 5.74) is 12.4. The summed E-state index contributed by atoms with van der Waals surface area (Å²) < 4.78 is 10.7. The Morgan fingerprint density at radius 1 is 1.00 bits per heavy atom. The van der Waals surface area contributed by atoms with E-state index in [-0.39, 0.29) is 18.9 Å². The molecule has 1 atom stereocenters. The molecule has 190 valence electrons. The lowest BCUT2D eigenvalue weighted by Gasteiger charge is -2.22. The van der Waals surface area contributed by atoms with Crippen LogP contribution in [0.2, 0.25) is 0 Å². The zero-order chi connectivity index (χ0) is 26.1. The van der Waals surface area contributed by atoms with Crippen molar-refractivity contribution in [1.82, 2.24) is 10.6 Å². The molecule has 10 heteroatoms. The van der Waals surface area contributed by atoms with Crippen molar-refractivity contribution >= 4 is 18.1 Å². The number of hydrogen-bond donors (Lipinski definition) is 2. The SMILES string of the molecule is CC(C)(C)OC(=O)N[C@@H](CCCCNC(=O)OCC1c2ccccc2-c2ccccc21)C(=O)N=[N+]=[N-]. The topological polar surface area (TPSA) is 142 Å². The molecule has 0 fully saturated rings. The molecule has 0 saturated heterocycles. The first-order valence-corrected chi connectivity index (χ1v) is 11.9. The van der Waals surface area contributed by atoms with Gasteiger partial charge in [0.25, 0.3) is 0 Å². The Bertz CT molecular complexity index is 1110. The predicted molar refractivity (Wildman–Crippen MR) is 134 cm³/mol. The Kier molecular flexibility index (Phi) is 8.91. The predicted octanol–water partition coefficient (Wildman–Crippen LogP) is 5.43. The number of alkyl carbamates (subject to hydrolysis) is 2. The number of nitrogens with one attached hydrogen (secondary N) is 2. The van der Waals surface area contributed by atoms with Gasteiger partial charge in [0.2, 0.25) is 5.91 Å². The average molecular weight is 494 g/mol. The molecule has 0 bridgehead atoms. The molecule has 2 N–H and O–H groups in total. The van der Waals surface area contributed by atoms with Crippen molar-refractivity contribution < 1.29 is 23.9 Å². The number of nitrogens with zero attached hydrogens (tertiary/aromatic N) is 3. The van der Waals surface area contributed by atoms with Crippen molar-refractivity contribution in [3.05, 3.63) is 70.1 Å². The second-order valence-electron chi connectivity index (χ2n) is 9.47. The Balaban J connectivity index is 1.43. The molecule has 3 rings (SSSR count). The zero-order valence-electron chi connectivity index (χ0n) is 20.7. The van der Waals surface area contributed by atoms with Crippen molar-refractivity contribution in [3.8, 4) is 11.1 Å². The van der Waals surface area contributed by atoms with Gasteiger partial charge in [-0.05, 0) is 72.9 Å². The van der Waals surface area contributed by atoms with Crippen LogP contribution in [0.25, 0.3) is 21.6 Å². The van der Waals surface area contributed by atoms with Gasteiger partial charge >= 0.3 is 12.2 Å². The third-order valence-corrected chi connectivity index (χ3v) is 5.66. The third kappa shape index (κ3) is 7.23. The van der Waals surface area contributed by atoms with Crippen molar-refractivity contribution in [3.63, 3.8) is 0 Å². The number of benzene rings is 2. The number of amides is 3. The van der Waals surface area contributed by atoms with E-state index >= 15 is 0 Å². The Morgan fingerprint density at radius 3 is 2.19 bits per heavy atom. The van der Waals surface area contributed by atoms with Crippen LogP contribution in [0.5, 0.6) is 0 Å². The normalized spacial score (nSPS) is 13.0. The fourth-order valence-electron chi connectivity index (χ4n) is 4.13. The summed E-state index contributed by atoms with van der Waals surface area (Å²) in [6.45, 7) is 5.65. The fourth-order valence-corrected chi connectivity index (χ4v) is 4.13. The Morgan fingerprint density at radius 2 is 1.61 bits per heavy atom. The van der Waals surface area contributed by atoms with Gasteiger partial charge in [0.05, 0.1) is 6.04 Å². The zero-order valence-corrected chi connectivity index (χ0v) is 20.7.